The van der Waals surface area contributed by atoms with Crippen molar-refractivity contribution < 1.29 is 14.3 Å². The molecule has 0 aromatic heterocycles. The molecule has 6 heteroatoms. The average molecular weight is 173 g/mol. The Morgan fingerprint density at radius 2 is 2.50 bits per heavy atom. The van der Waals surface area contributed by atoms with E-state index in [2.05, 4.69) is 14.8 Å². The molecule has 6 nitrogen and oxygen atoms in total. The second-order valence-electron chi connectivity index (χ2n) is 2.01. The van der Waals surface area contributed by atoms with E-state index in [-0.39, 0.29) is 25.9 Å². The average Bonchev–Trinajstić information content (AvgIpc) is 2.10. The topological polar surface area (TPSA) is 84.3 Å². The molecular weight excluding hydrogens is 162 g/mol. The lowest BCUT2D eigenvalue weighted by Gasteiger charge is -2.10. The molecule has 0 aliphatic carbocycles. The summed E-state index contributed by atoms with van der Waals surface area (Å²) in [7, 11) is 1.48. The summed E-state index contributed by atoms with van der Waals surface area (Å²) >= 11 is 0. The zero-order valence-electron chi connectivity index (χ0n) is 6.84. The maximum atomic E-state index is 10.1. The maximum Gasteiger partial charge on any atom is 0.146 e. The molecule has 0 radical (unpaired) electrons. The van der Waals surface area contributed by atoms with Gasteiger partial charge in [0, 0.05) is 18.4 Å². The van der Waals surface area contributed by atoms with E-state index in [1.165, 1.54) is 7.11 Å². The molecular formula is C6H11N3O3. The largest absolute Gasteiger partial charge is 0.359 e. The Bertz CT molecular complexity index is 167. The van der Waals surface area contributed by atoms with E-state index >= 15 is 0 Å². The fourth-order valence-corrected chi connectivity index (χ4v) is 0.594. The molecule has 0 fully saturated rings. The van der Waals surface area contributed by atoms with Crippen molar-refractivity contribution in [2.45, 2.75) is 12.5 Å². The molecule has 0 aromatic carbocycles. The molecule has 0 saturated carbocycles. The van der Waals surface area contributed by atoms with E-state index in [0.29, 0.717) is 6.29 Å². The molecule has 0 N–H and O–H groups in total. The van der Waals surface area contributed by atoms with Gasteiger partial charge in [-0.1, -0.05) is 5.11 Å². The smallest absolute Gasteiger partial charge is 0.146 e. The molecule has 0 heterocycles. The Labute approximate surface area is 70.1 Å². The highest BCUT2D eigenvalue weighted by atomic mass is 16.7. The second-order valence-corrected chi connectivity index (χ2v) is 2.01. The van der Waals surface area contributed by atoms with Gasteiger partial charge in [-0.2, -0.15) is 0 Å². The predicted molar refractivity (Wildman–Crippen MR) is 41.4 cm³/mol. The van der Waals surface area contributed by atoms with E-state index in [0.717, 1.165) is 0 Å². The third-order valence-corrected chi connectivity index (χ3v) is 1.13. The van der Waals surface area contributed by atoms with Gasteiger partial charge in [0.1, 0.15) is 13.1 Å². The van der Waals surface area contributed by atoms with E-state index < -0.39 is 0 Å². The zero-order chi connectivity index (χ0) is 9.23. The van der Waals surface area contributed by atoms with Crippen LogP contribution < -0.4 is 0 Å². The predicted octanol–water partition coefficient (Wildman–Crippen LogP) is 0.875. The highest BCUT2D eigenvalue weighted by molar-refractivity contribution is 5.50. The summed E-state index contributed by atoms with van der Waals surface area (Å²) in [4.78, 5) is 12.6. The molecule has 0 aromatic rings. The van der Waals surface area contributed by atoms with Gasteiger partial charge in [0.05, 0.1) is 12.6 Å². The minimum atomic E-state index is -0.377. The van der Waals surface area contributed by atoms with Crippen molar-refractivity contribution in [1.82, 2.24) is 0 Å². The first-order valence-corrected chi connectivity index (χ1v) is 3.40. The van der Waals surface area contributed by atoms with Crippen LogP contribution in [0.25, 0.3) is 10.4 Å². The van der Waals surface area contributed by atoms with Crippen molar-refractivity contribution in [1.29, 1.82) is 0 Å². The number of rotatable bonds is 7. The Balaban J connectivity index is 3.67. The van der Waals surface area contributed by atoms with Crippen molar-refractivity contribution in [2.24, 2.45) is 5.11 Å². The molecule has 12 heavy (non-hydrogen) atoms. The van der Waals surface area contributed by atoms with Crippen LogP contribution in [-0.2, 0) is 14.3 Å². The first-order valence-electron chi connectivity index (χ1n) is 3.40. The van der Waals surface area contributed by atoms with Crippen molar-refractivity contribution in [2.75, 3.05) is 20.4 Å². The summed E-state index contributed by atoms with van der Waals surface area (Å²) in [5, 5.41) is 3.28. The number of hydrogen-bond acceptors (Lipinski definition) is 4. The van der Waals surface area contributed by atoms with Crippen LogP contribution in [0.3, 0.4) is 0 Å². The number of carbonyl (C=O) groups excluding carboxylic acids is 1. The van der Waals surface area contributed by atoms with Crippen LogP contribution in [0.15, 0.2) is 5.11 Å². The number of methoxy groups -OCH3 is 1. The van der Waals surface area contributed by atoms with Crippen LogP contribution in [0.1, 0.15) is 6.42 Å². The monoisotopic (exact) mass is 173 g/mol. The van der Waals surface area contributed by atoms with Crippen molar-refractivity contribution in [3.8, 4) is 0 Å². The third-order valence-electron chi connectivity index (χ3n) is 1.13. The summed E-state index contributed by atoms with van der Waals surface area (Å²) in [5.74, 6) is 0. The summed E-state index contributed by atoms with van der Waals surface area (Å²) in [6, 6.07) is 0. The van der Waals surface area contributed by atoms with Gasteiger partial charge in [-0.25, -0.2) is 0 Å². The van der Waals surface area contributed by atoms with E-state index in [9.17, 15) is 4.79 Å². The molecule has 0 aliphatic heterocycles. The van der Waals surface area contributed by atoms with Crippen molar-refractivity contribution in [3.63, 3.8) is 0 Å². The van der Waals surface area contributed by atoms with Gasteiger partial charge in [-0.05, 0) is 5.53 Å². The van der Waals surface area contributed by atoms with Gasteiger partial charge < -0.3 is 14.3 Å². The molecule has 0 spiro atoms. The Morgan fingerprint density at radius 3 is 3.00 bits per heavy atom. The highest BCUT2D eigenvalue weighted by Crippen LogP contribution is 1.97. The number of ether oxygens (including phenoxy) is 2. The fraction of sp³-hybridized carbons (Fsp3) is 0.833. The quantitative estimate of drug-likeness (QED) is 0.188. The Morgan fingerprint density at radius 1 is 1.75 bits per heavy atom. The maximum absolute atomic E-state index is 10.1. The molecule has 68 valence electrons. The first kappa shape index (κ1) is 10.9. The lowest BCUT2D eigenvalue weighted by molar-refractivity contribution is -0.114. The molecule has 0 saturated heterocycles. The molecule has 1 atom stereocenters. The van der Waals surface area contributed by atoms with Gasteiger partial charge in [-0.15, -0.1) is 0 Å². The van der Waals surface area contributed by atoms with Crippen LogP contribution in [0.4, 0.5) is 0 Å². The normalized spacial score (nSPS) is 11.8. The molecule has 0 bridgehead atoms. The summed E-state index contributed by atoms with van der Waals surface area (Å²) in [5.41, 5.74) is 7.99. The Kier molecular flexibility index (Phi) is 7.27. The van der Waals surface area contributed by atoms with Crippen LogP contribution in [-0.4, -0.2) is 32.8 Å². The second kappa shape index (κ2) is 8.00. The highest BCUT2D eigenvalue weighted by Gasteiger charge is 2.05. The van der Waals surface area contributed by atoms with E-state index in [1.807, 2.05) is 0 Å². The van der Waals surface area contributed by atoms with Gasteiger partial charge in [0.25, 0.3) is 0 Å². The third kappa shape index (κ3) is 5.67. The SMILES string of the molecule is COCO[C@@H](CC=O)CN=[N+]=[N-]. The van der Waals surface area contributed by atoms with Crippen LogP contribution in [0.2, 0.25) is 0 Å². The zero-order valence-corrected chi connectivity index (χ0v) is 6.84. The molecule has 0 amide bonds. The standard InChI is InChI=1S/C6H11N3O3/c1-11-5-12-6(2-3-10)4-8-9-7/h3,6H,2,4-5H2,1H3/t6-/m0/s1. The first-order chi connectivity index (χ1) is 5.85. The van der Waals surface area contributed by atoms with Gasteiger partial charge >= 0.3 is 0 Å². The summed E-state index contributed by atoms with van der Waals surface area (Å²) in [6.07, 6.45) is 0.550. The minimum absolute atomic E-state index is 0.0967. The summed E-state index contributed by atoms with van der Waals surface area (Å²) in [6.45, 7) is 0.248. The summed E-state index contributed by atoms with van der Waals surface area (Å²) < 4.78 is 9.64. The Hall–Kier alpha value is -1.10. The fourth-order valence-electron chi connectivity index (χ4n) is 0.594. The number of hydrogen-bond donors (Lipinski definition) is 0. The van der Waals surface area contributed by atoms with Gasteiger partial charge in [0.2, 0.25) is 0 Å². The van der Waals surface area contributed by atoms with Crippen LogP contribution >= 0.6 is 0 Å². The number of aldehydes is 1. The number of azide groups is 1. The van der Waals surface area contributed by atoms with Gasteiger partial charge in [0.15, 0.2) is 0 Å². The van der Waals surface area contributed by atoms with E-state index in [1.54, 1.807) is 0 Å². The van der Waals surface area contributed by atoms with Crippen LogP contribution in [0.5, 0.6) is 0 Å². The minimum Gasteiger partial charge on any atom is -0.359 e. The van der Waals surface area contributed by atoms with Crippen molar-refractivity contribution in [3.05, 3.63) is 10.4 Å². The molecule has 0 rings (SSSR count). The van der Waals surface area contributed by atoms with Crippen molar-refractivity contribution >= 4 is 6.29 Å². The lowest BCUT2D eigenvalue weighted by atomic mass is 10.3. The van der Waals surface area contributed by atoms with Crippen LogP contribution in [0, 0.1) is 0 Å². The lowest BCUT2D eigenvalue weighted by Crippen LogP contribution is -2.18. The van der Waals surface area contributed by atoms with E-state index in [4.69, 9.17) is 10.3 Å². The molecule has 0 unspecified atom stereocenters. The van der Waals surface area contributed by atoms with Gasteiger partial charge in [-0.3, -0.25) is 0 Å². The molecule has 0 aliphatic rings. The number of nitrogens with zero attached hydrogens (tertiary/aromatic N) is 3. The number of carbonyl (C=O) groups is 1.